The van der Waals surface area contributed by atoms with Crippen LogP contribution in [0.3, 0.4) is 0 Å². The fraction of sp³-hybridized carbons (Fsp3) is 0.429. The van der Waals surface area contributed by atoms with Crippen LogP contribution in [0.25, 0.3) is 6.08 Å². The molecule has 2 heteroatoms. The maximum absolute atomic E-state index is 3.37. The molecule has 0 bridgehead atoms. The molecule has 1 saturated heterocycles. The molecule has 0 atom stereocenters. The summed E-state index contributed by atoms with van der Waals surface area (Å²) in [5.74, 6) is 0. The molecule has 1 aromatic carbocycles. The molecule has 0 aromatic heterocycles. The summed E-state index contributed by atoms with van der Waals surface area (Å²) in [6, 6.07) is 10.5. The van der Waals surface area contributed by atoms with Gasteiger partial charge in [-0.1, -0.05) is 42.5 Å². The van der Waals surface area contributed by atoms with Crippen molar-refractivity contribution in [3.8, 4) is 0 Å². The number of rotatable bonds is 4. The van der Waals surface area contributed by atoms with E-state index in [0.717, 1.165) is 19.5 Å². The predicted molar refractivity (Wildman–Crippen MR) is 69.4 cm³/mol. The van der Waals surface area contributed by atoms with Gasteiger partial charge in [-0.3, -0.25) is 0 Å². The number of nitrogens with zero attached hydrogens (tertiary/aromatic N) is 1. The van der Waals surface area contributed by atoms with Gasteiger partial charge in [-0.05, 0) is 12.0 Å². The van der Waals surface area contributed by atoms with E-state index >= 15 is 0 Å². The van der Waals surface area contributed by atoms with Crippen LogP contribution in [-0.4, -0.2) is 37.6 Å². The maximum Gasteiger partial charge on any atom is 0.0107 e. The highest BCUT2D eigenvalue weighted by Gasteiger charge is 2.06. The summed E-state index contributed by atoms with van der Waals surface area (Å²) >= 11 is 0. The van der Waals surface area contributed by atoms with Crippen LogP contribution in [0.2, 0.25) is 0 Å². The Morgan fingerprint density at radius 2 is 1.88 bits per heavy atom. The predicted octanol–water partition coefficient (Wildman–Crippen LogP) is 2.00. The van der Waals surface area contributed by atoms with Crippen LogP contribution in [-0.2, 0) is 0 Å². The maximum atomic E-state index is 3.37. The summed E-state index contributed by atoms with van der Waals surface area (Å²) in [6.07, 6.45) is 5.63. The van der Waals surface area contributed by atoms with E-state index < -0.39 is 0 Å². The van der Waals surface area contributed by atoms with Crippen molar-refractivity contribution in [2.45, 2.75) is 6.42 Å². The van der Waals surface area contributed by atoms with Gasteiger partial charge >= 0.3 is 0 Å². The molecule has 1 aliphatic rings. The standard InChI is InChI=1S/C14H20N2/c1-2-6-14(7-3-1)8-4-5-11-16-12-9-15-10-13-16/h1-4,6-8,15H,5,9-13H2. The van der Waals surface area contributed by atoms with Gasteiger partial charge in [0.25, 0.3) is 0 Å². The Kier molecular flexibility index (Phi) is 4.59. The summed E-state index contributed by atoms with van der Waals surface area (Å²) < 4.78 is 0. The molecule has 86 valence electrons. The topological polar surface area (TPSA) is 15.3 Å². The molecule has 1 aromatic rings. The van der Waals surface area contributed by atoms with Gasteiger partial charge in [0.05, 0.1) is 0 Å². The second-order valence-corrected chi connectivity index (χ2v) is 4.19. The molecular formula is C14H20N2. The van der Waals surface area contributed by atoms with Crippen molar-refractivity contribution in [3.05, 3.63) is 42.0 Å². The van der Waals surface area contributed by atoms with Gasteiger partial charge in [-0.15, -0.1) is 0 Å². The first-order valence-corrected chi connectivity index (χ1v) is 6.10. The summed E-state index contributed by atoms with van der Waals surface area (Å²) in [7, 11) is 0. The lowest BCUT2D eigenvalue weighted by molar-refractivity contribution is 0.245. The van der Waals surface area contributed by atoms with Crippen molar-refractivity contribution in [1.29, 1.82) is 0 Å². The number of piperazine rings is 1. The number of nitrogens with one attached hydrogen (secondary N) is 1. The zero-order valence-electron chi connectivity index (χ0n) is 9.73. The van der Waals surface area contributed by atoms with E-state index in [4.69, 9.17) is 0 Å². The van der Waals surface area contributed by atoms with Crippen molar-refractivity contribution in [2.24, 2.45) is 0 Å². The molecule has 0 aliphatic carbocycles. The zero-order valence-corrected chi connectivity index (χ0v) is 9.73. The monoisotopic (exact) mass is 216 g/mol. The molecule has 1 aliphatic heterocycles. The molecular weight excluding hydrogens is 196 g/mol. The summed E-state index contributed by atoms with van der Waals surface area (Å²) in [5, 5.41) is 3.37. The van der Waals surface area contributed by atoms with Gasteiger partial charge in [0.1, 0.15) is 0 Å². The van der Waals surface area contributed by atoms with Gasteiger partial charge in [-0.2, -0.15) is 0 Å². The van der Waals surface area contributed by atoms with Gasteiger partial charge < -0.3 is 10.2 Å². The van der Waals surface area contributed by atoms with E-state index in [1.807, 2.05) is 0 Å². The van der Waals surface area contributed by atoms with E-state index in [1.165, 1.54) is 25.2 Å². The highest BCUT2D eigenvalue weighted by Crippen LogP contribution is 2.02. The molecule has 0 radical (unpaired) electrons. The Morgan fingerprint density at radius 3 is 2.62 bits per heavy atom. The molecule has 0 amide bonds. The van der Waals surface area contributed by atoms with Gasteiger partial charge in [-0.25, -0.2) is 0 Å². The lowest BCUT2D eigenvalue weighted by Gasteiger charge is -2.26. The Balaban J connectivity index is 1.69. The largest absolute Gasteiger partial charge is 0.314 e. The number of benzene rings is 1. The van der Waals surface area contributed by atoms with Crippen LogP contribution in [0.4, 0.5) is 0 Å². The Labute approximate surface area is 98.0 Å². The van der Waals surface area contributed by atoms with E-state index in [2.05, 4.69) is 52.7 Å². The average molecular weight is 216 g/mol. The minimum atomic E-state index is 1.14. The second kappa shape index (κ2) is 6.46. The van der Waals surface area contributed by atoms with Gasteiger partial charge in [0.15, 0.2) is 0 Å². The van der Waals surface area contributed by atoms with Gasteiger partial charge in [0.2, 0.25) is 0 Å². The van der Waals surface area contributed by atoms with Crippen LogP contribution in [0.5, 0.6) is 0 Å². The quantitative estimate of drug-likeness (QED) is 0.828. The van der Waals surface area contributed by atoms with Crippen LogP contribution in [0, 0.1) is 0 Å². The van der Waals surface area contributed by atoms with E-state index in [9.17, 15) is 0 Å². The lowest BCUT2D eigenvalue weighted by Crippen LogP contribution is -2.43. The molecule has 0 spiro atoms. The smallest absolute Gasteiger partial charge is 0.0107 e. The fourth-order valence-corrected chi connectivity index (χ4v) is 1.98. The van der Waals surface area contributed by atoms with Crippen LogP contribution in [0.15, 0.2) is 36.4 Å². The minimum Gasteiger partial charge on any atom is -0.314 e. The highest BCUT2D eigenvalue weighted by atomic mass is 15.2. The SMILES string of the molecule is C(=Cc1ccccc1)CCN1CCNCC1. The number of hydrogen-bond donors (Lipinski definition) is 1. The first-order valence-electron chi connectivity index (χ1n) is 6.10. The normalized spacial score (nSPS) is 18.0. The van der Waals surface area contributed by atoms with Crippen molar-refractivity contribution in [2.75, 3.05) is 32.7 Å². The van der Waals surface area contributed by atoms with Crippen LogP contribution >= 0.6 is 0 Å². The van der Waals surface area contributed by atoms with Crippen molar-refractivity contribution >= 4 is 6.08 Å². The highest BCUT2D eigenvalue weighted by molar-refractivity contribution is 5.48. The third kappa shape index (κ3) is 3.80. The summed E-state index contributed by atoms with van der Waals surface area (Å²) in [4.78, 5) is 2.52. The fourth-order valence-electron chi connectivity index (χ4n) is 1.98. The third-order valence-electron chi connectivity index (χ3n) is 2.93. The third-order valence-corrected chi connectivity index (χ3v) is 2.93. The molecule has 2 nitrogen and oxygen atoms in total. The summed E-state index contributed by atoms with van der Waals surface area (Å²) in [6.45, 7) is 5.86. The molecule has 16 heavy (non-hydrogen) atoms. The molecule has 2 rings (SSSR count). The van der Waals surface area contributed by atoms with E-state index in [-0.39, 0.29) is 0 Å². The van der Waals surface area contributed by atoms with E-state index in [1.54, 1.807) is 0 Å². The van der Waals surface area contributed by atoms with Crippen molar-refractivity contribution < 1.29 is 0 Å². The van der Waals surface area contributed by atoms with Gasteiger partial charge in [0, 0.05) is 32.7 Å². The molecule has 1 fully saturated rings. The molecule has 0 unspecified atom stereocenters. The Hall–Kier alpha value is -1.12. The zero-order chi connectivity index (χ0) is 11.1. The molecule has 1 N–H and O–H groups in total. The molecule has 1 heterocycles. The number of hydrogen-bond acceptors (Lipinski definition) is 2. The van der Waals surface area contributed by atoms with Crippen molar-refractivity contribution in [3.63, 3.8) is 0 Å². The second-order valence-electron chi connectivity index (χ2n) is 4.19. The van der Waals surface area contributed by atoms with Crippen LogP contribution in [0.1, 0.15) is 12.0 Å². The first-order chi connectivity index (χ1) is 7.95. The molecule has 0 saturated carbocycles. The summed E-state index contributed by atoms with van der Waals surface area (Å²) in [5.41, 5.74) is 1.29. The average Bonchev–Trinajstić information content (AvgIpc) is 2.37. The Morgan fingerprint density at radius 1 is 1.12 bits per heavy atom. The minimum absolute atomic E-state index is 1.14. The van der Waals surface area contributed by atoms with Crippen LogP contribution < -0.4 is 5.32 Å². The Bertz CT molecular complexity index is 313. The van der Waals surface area contributed by atoms with Crippen molar-refractivity contribution in [1.82, 2.24) is 10.2 Å². The van der Waals surface area contributed by atoms with E-state index in [0.29, 0.717) is 0 Å². The lowest BCUT2D eigenvalue weighted by atomic mass is 10.2. The first kappa shape index (κ1) is 11.4.